The van der Waals surface area contributed by atoms with Crippen LogP contribution in [-0.4, -0.2) is 25.2 Å². The SMILES string of the molecule is CNC(=S)NNC(=O)c1cc(Cl)ccc1OC. The van der Waals surface area contributed by atoms with E-state index in [-0.39, 0.29) is 5.91 Å². The van der Waals surface area contributed by atoms with Crippen LogP contribution in [0.25, 0.3) is 0 Å². The minimum Gasteiger partial charge on any atom is -0.496 e. The van der Waals surface area contributed by atoms with Crippen molar-refractivity contribution in [1.82, 2.24) is 16.2 Å². The fourth-order valence-corrected chi connectivity index (χ4v) is 1.32. The first-order valence-electron chi connectivity index (χ1n) is 4.70. The van der Waals surface area contributed by atoms with E-state index in [1.54, 1.807) is 19.2 Å². The summed E-state index contributed by atoms with van der Waals surface area (Å²) in [6.45, 7) is 0. The molecule has 0 atom stereocenters. The Labute approximate surface area is 109 Å². The van der Waals surface area contributed by atoms with Crippen LogP contribution in [-0.2, 0) is 0 Å². The van der Waals surface area contributed by atoms with Crippen LogP contribution in [0.4, 0.5) is 0 Å². The molecule has 92 valence electrons. The van der Waals surface area contributed by atoms with Crippen LogP contribution < -0.4 is 20.9 Å². The summed E-state index contributed by atoms with van der Waals surface area (Å²) in [5.41, 5.74) is 5.27. The van der Waals surface area contributed by atoms with Crippen molar-refractivity contribution in [1.29, 1.82) is 0 Å². The topological polar surface area (TPSA) is 62.4 Å². The first-order chi connectivity index (χ1) is 8.08. The van der Waals surface area contributed by atoms with E-state index in [0.717, 1.165) is 0 Å². The number of amides is 1. The Morgan fingerprint density at radius 1 is 1.41 bits per heavy atom. The molecular weight excluding hydrogens is 262 g/mol. The number of hydrazine groups is 1. The Hall–Kier alpha value is -1.53. The number of carbonyl (C=O) groups is 1. The van der Waals surface area contributed by atoms with E-state index in [2.05, 4.69) is 16.2 Å². The Morgan fingerprint density at radius 3 is 2.71 bits per heavy atom. The van der Waals surface area contributed by atoms with Crippen LogP contribution in [0.1, 0.15) is 10.4 Å². The lowest BCUT2D eigenvalue weighted by molar-refractivity contribution is 0.0940. The zero-order valence-corrected chi connectivity index (χ0v) is 10.9. The van der Waals surface area contributed by atoms with E-state index < -0.39 is 0 Å². The monoisotopic (exact) mass is 273 g/mol. The summed E-state index contributed by atoms with van der Waals surface area (Å²) in [4.78, 5) is 11.8. The molecule has 1 amide bonds. The molecule has 1 rings (SSSR count). The average molecular weight is 274 g/mol. The second kappa shape index (κ2) is 6.27. The third kappa shape index (κ3) is 3.76. The summed E-state index contributed by atoms with van der Waals surface area (Å²) in [6, 6.07) is 4.77. The number of rotatable bonds is 2. The predicted molar refractivity (Wildman–Crippen MR) is 70.3 cm³/mol. The third-order valence-corrected chi connectivity index (χ3v) is 2.46. The first-order valence-corrected chi connectivity index (χ1v) is 5.48. The summed E-state index contributed by atoms with van der Waals surface area (Å²) in [7, 11) is 3.12. The summed E-state index contributed by atoms with van der Waals surface area (Å²) >= 11 is 10.6. The van der Waals surface area contributed by atoms with Gasteiger partial charge in [-0.1, -0.05) is 11.6 Å². The molecule has 0 heterocycles. The summed E-state index contributed by atoms with van der Waals surface area (Å²) in [6.07, 6.45) is 0. The van der Waals surface area contributed by atoms with Gasteiger partial charge in [0.15, 0.2) is 5.11 Å². The van der Waals surface area contributed by atoms with Gasteiger partial charge < -0.3 is 10.1 Å². The molecule has 0 spiro atoms. The molecule has 0 aromatic heterocycles. The predicted octanol–water partition coefficient (Wildman–Crippen LogP) is 1.09. The normalized spacial score (nSPS) is 9.35. The van der Waals surface area contributed by atoms with Crippen molar-refractivity contribution in [2.45, 2.75) is 0 Å². The van der Waals surface area contributed by atoms with E-state index >= 15 is 0 Å². The van der Waals surface area contributed by atoms with Gasteiger partial charge in [-0.15, -0.1) is 0 Å². The smallest absolute Gasteiger partial charge is 0.273 e. The maximum absolute atomic E-state index is 11.8. The highest BCUT2D eigenvalue weighted by molar-refractivity contribution is 7.80. The Morgan fingerprint density at radius 2 is 2.12 bits per heavy atom. The van der Waals surface area contributed by atoms with Gasteiger partial charge in [-0.2, -0.15) is 0 Å². The number of halogens is 1. The van der Waals surface area contributed by atoms with E-state index in [1.165, 1.54) is 13.2 Å². The van der Waals surface area contributed by atoms with Gasteiger partial charge in [-0.05, 0) is 30.4 Å². The Balaban J connectivity index is 2.80. The van der Waals surface area contributed by atoms with Crippen molar-refractivity contribution in [2.75, 3.05) is 14.2 Å². The Kier molecular flexibility index (Phi) is 4.99. The molecule has 0 bridgehead atoms. The van der Waals surface area contributed by atoms with Crippen LogP contribution in [0.5, 0.6) is 5.75 Å². The van der Waals surface area contributed by atoms with Gasteiger partial charge in [0.05, 0.1) is 12.7 Å². The van der Waals surface area contributed by atoms with Crippen LogP contribution in [0.2, 0.25) is 5.02 Å². The van der Waals surface area contributed by atoms with E-state index in [9.17, 15) is 4.79 Å². The average Bonchev–Trinajstić information content (AvgIpc) is 2.35. The molecule has 7 heteroatoms. The van der Waals surface area contributed by atoms with Gasteiger partial charge in [0.1, 0.15) is 5.75 Å². The molecule has 1 aromatic rings. The van der Waals surface area contributed by atoms with Crippen molar-refractivity contribution < 1.29 is 9.53 Å². The van der Waals surface area contributed by atoms with Crippen molar-refractivity contribution >= 4 is 34.8 Å². The fourth-order valence-electron chi connectivity index (χ4n) is 1.10. The molecule has 17 heavy (non-hydrogen) atoms. The first kappa shape index (κ1) is 13.5. The van der Waals surface area contributed by atoms with Crippen molar-refractivity contribution in [3.8, 4) is 5.75 Å². The highest BCUT2D eigenvalue weighted by Gasteiger charge is 2.12. The minimum absolute atomic E-state index is 0.305. The maximum atomic E-state index is 11.8. The largest absolute Gasteiger partial charge is 0.496 e. The molecule has 0 aliphatic carbocycles. The maximum Gasteiger partial charge on any atom is 0.273 e. The molecule has 0 radical (unpaired) electrons. The lowest BCUT2D eigenvalue weighted by Gasteiger charge is -2.11. The van der Waals surface area contributed by atoms with Gasteiger partial charge in [-0.3, -0.25) is 15.6 Å². The quantitative estimate of drug-likeness (QED) is 0.556. The van der Waals surface area contributed by atoms with Crippen LogP contribution in [0, 0.1) is 0 Å². The number of thiocarbonyl (C=S) groups is 1. The molecule has 0 aliphatic heterocycles. The van der Waals surface area contributed by atoms with E-state index in [4.69, 9.17) is 28.6 Å². The Bertz CT molecular complexity index is 440. The number of carbonyl (C=O) groups excluding carboxylic acids is 1. The lowest BCUT2D eigenvalue weighted by Crippen LogP contribution is -2.45. The zero-order chi connectivity index (χ0) is 12.8. The van der Waals surface area contributed by atoms with Gasteiger partial charge in [-0.25, -0.2) is 0 Å². The molecule has 0 saturated carbocycles. The lowest BCUT2D eigenvalue weighted by atomic mass is 10.2. The molecule has 5 nitrogen and oxygen atoms in total. The number of hydrogen-bond donors (Lipinski definition) is 3. The molecule has 0 unspecified atom stereocenters. The van der Waals surface area contributed by atoms with Crippen LogP contribution >= 0.6 is 23.8 Å². The fraction of sp³-hybridized carbons (Fsp3) is 0.200. The molecule has 0 fully saturated rings. The molecule has 1 aromatic carbocycles. The van der Waals surface area contributed by atoms with Crippen molar-refractivity contribution in [3.05, 3.63) is 28.8 Å². The molecule has 0 saturated heterocycles. The van der Waals surface area contributed by atoms with Crippen LogP contribution in [0.15, 0.2) is 18.2 Å². The number of methoxy groups -OCH3 is 1. The number of hydrogen-bond acceptors (Lipinski definition) is 3. The number of nitrogens with one attached hydrogen (secondary N) is 3. The standard InChI is InChI=1S/C10H12ClN3O2S/c1-12-10(17)14-13-9(15)7-5-6(11)3-4-8(7)16-2/h3-5H,1-2H3,(H,13,15)(H2,12,14,17). The summed E-state index contributed by atoms with van der Waals surface area (Å²) in [5.74, 6) is 0.0472. The highest BCUT2D eigenvalue weighted by Crippen LogP contribution is 2.22. The van der Waals surface area contributed by atoms with Gasteiger partial charge >= 0.3 is 0 Å². The van der Waals surface area contributed by atoms with Gasteiger partial charge in [0, 0.05) is 12.1 Å². The zero-order valence-electron chi connectivity index (χ0n) is 9.33. The van der Waals surface area contributed by atoms with E-state index in [1.807, 2.05) is 0 Å². The van der Waals surface area contributed by atoms with Crippen molar-refractivity contribution in [2.24, 2.45) is 0 Å². The third-order valence-electron chi connectivity index (χ3n) is 1.92. The summed E-state index contributed by atoms with van der Waals surface area (Å²) in [5, 5.41) is 3.42. The molecule has 0 aliphatic rings. The molecular formula is C10H12ClN3O2S. The van der Waals surface area contributed by atoms with Gasteiger partial charge in [0.2, 0.25) is 0 Å². The van der Waals surface area contributed by atoms with Crippen molar-refractivity contribution in [3.63, 3.8) is 0 Å². The minimum atomic E-state index is -0.387. The molecule has 3 N–H and O–H groups in total. The second-order valence-corrected chi connectivity index (χ2v) is 3.85. The number of benzene rings is 1. The second-order valence-electron chi connectivity index (χ2n) is 3.00. The van der Waals surface area contributed by atoms with Crippen LogP contribution in [0.3, 0.4) is 0 Å². The van der Waals surface area contributed by atoms with Gasteiger partial charge in [0.25, 0.3) is 5.91 Å². The van der Waals surface area contributed by atoms with E-state index in [0.29, 0.717) is 21.4 Å². The highest BCUT2D eigenvalue weighted by atomic mass is 35.5. The summed E-state index contributed by atoms with van der Waals surface area (Å²) < 4.78 is 5.06. The number of ether oxygens (including phenoxy) is 1.